The van der Waals surface area contributed by atoms with Gasteiger partial charge in [0.05, 0.1) is 6.54 Å². The number of nitrogens with zero attached hydrogens (tertiary/aromatic N) is 1. The van der Waals surface area contributed by atoms with Gasteiger partial charge in [-0.05, 0) is 33.7 Å². The quantitative estimate of drug-likeness (QED) is 0.700. The molecule has 1 aliphatic rings. The average molecular weight is 212 g/mol. The molecule has 4 nitrogen and oxygen atoms in total. The molecule has 4 heteroatoms. The lowest BCUT2D eigenvalue weighted by Gasteiger charge is -2.23. The largest absolute Gasteiger partial charge is 0.352 e. The molecule has 0 spiro atoms. The second-order valence-corrected chi connectivity index (χ2v) is 4.51. The van der Waals surface area contributed by atoms with Crippen molar-refractivity contribution in [2.24, 2.45) is 0 Å². The van der Waals surface area contributed by atoms with E-state index in [4.69, 9.17) is 0 Å². The van der Waals surface area contributed by atoms with E-state index in [1.165, 1.54) is 0 Å². The molecule has 0 bridgehead atoms. The fourth-order valence-corrected chi connectivity index (χ4v) is 1.46. The van der Waals surface area contributed by atoms with Crippen LogP contribution < -0.4 is 5.32 Å². The zero-order valence-electron chi connectivity index (χ0n) is 9.75. The van der Waals surface area contributed by atoms with Gasteiger partial charge in [-0.3, -0.25) is 14.5 Å². The molecule has 15 heavy (non-hydrogen) atoms. The number of amides is 1. The maximum absolute atomic E-state index is 11.5. The van der Waals surface area contributed by atoms with Gasteiger partial charge in [0.25, 0.3) is 0 Å². The fraction of sp³-hybridized carbons (Fsp3) is 0.818. The van der Waals surface area contributed by atoms with Gasteiger partial charge in [0.15, 0.2) is 0 Å². The number of likely N-dealkylation sites (N-methyl/N-ethyl adjacent to an activating group) is 1. The van der Waals surface area contributed by atoms with E-state index in [0.29, 0.717) is 19.0 Å². The Hall–Kier alpha value is -0.900. The van der Waals surface area contributed by atoms with Crippen LogP contribution in [0.5, 0.6) is 0 Å². The molecule has 1 atom stereocenters. The molecule has 0 heterocycles. The van der Waals surface area contributed by atoms with E-state index in [1.807, 2.05) is 18.9 Å². The molecule has 1 unspecified atom stereocenters. The molecule has 1 rings (SSSR count). The highest BCUT2D eigenvalue weighted by atomic mass is 16.2. The molecular formula is C11H20N2O2. The van der Waals surface area contributed by atoms with Crippen LogP contribution in [-0.2, 0) is 9.59 Å². The Morgan fingerprint density at radius 2 is 2.07 bits per heavy atom. The minimum absolute atomic E-state index is 0.0652. The van der Waals surface area contributed by atoms with Gasteiger partial charge in [0.2, 0.25) is 5.91 Å². The zero-order chi connectivity index (χ0) is 11.4. The summed E-state index contributed by atoms with van der Waals surface area (Å²) in [5, 5.41) is 2.93. The Morgan fingerprint density at radius 3 is 2.53 bits per heavy atom. The van der Waals surface area contributed by atoms with Crippen molar-refractivity contribution in [1.82, 2.24) is 10.2 Å². The van der Waals surface area contributed by atoms with Crippen LogP contribution in [0.3, 0.4) is 0 Å². The normalized spacial score (nSPS) is 17.6. The van der Waals surface area contributed by atoms with Gasteiger partial charge in [0.1, 0.15) is 5.78 Å². The van der Waals surface area contributed by atoms with E-state index in [2.05, 4.69) is 5.32 Å². The molecule has 1 saturated carbocycles. The lowest BCUT2D eigenvalue weighted by Crippen LogP contribution is -2.40. The third-order valence-corrected chi connectivity index (χ3v) is 2.67. The summed E-state index contributed by atoms with van der Waals surface area (Å²) >= 11 is 0. The summed E-state index contributed by atoms with van der Waals surface area (Å²) in [7, 11) is 1.88. The van der Waals surface area contributed by atoms with E-state index < -0.39 is 0 Å². The summed E-state index contributed by atoms with van der Waals surface area (Å²) in [4.78, 5) is 24.3. The summed E-state index contributed by atoms with van der Waals surface area (Å²) in [6.07, 6.45) is 2.73. The number of nitrogens with one attached hydrogen (secondary N) is 1. The number of ketones is 1. The van der Waals surface area contributed by atoms with Gasteiger partial charge in [0, 0.05) is 18.5 Å². The lowest BCUT2D eigenvalue weighted by molar-refractivity contribution is -0.124. The van der Waals surface area contributed by atoms with Crippen molar-refractivity contribution >= 4 is 11.7 Å². The van der Waals surface area contributed by atoms with Crippen LogP contribution in [0.15, 0.2) is 0 Å². The van der Waals surface area contributed by atoms with E-state index in [-0.39, 0.29) is 17.7 Å². The van der Waals surface area contributed by atoms with Gasteiger partial charge < -0.3 is 5.32 Å². The van der Waals surface area contributed by atoms with Gasteiger partial charge in [-0.25, -0.2) is 0 Å². The summed E-state index contributed by atoms with van der Waals surface area (Å²) < 4.78 is 0. The van der Waals surface area contributed by atoms with Crippen molar-refractivity contribution in [1.29, 1.82) is 0 Å². The predicted molar refractivity (Wildman–Crippen MR) is 58.6 cm³/mol. The Morgan fingerprint density at radius 1 is 1.47 bits per heavy atom. The van der Waals surface area contributed by atoms with Crippen LogP contribution in [0, 0.1) is 0 Å². The van der Waals surface area contributed by atoms with Crippen molar-refractivity contribution < 1.29 is 9.59 Å². The highest BCUT2D eigenvalue weighted by Gasteiger charge is 2.24. The van der Waals surface area contributed by atoms with E-state index in [0.717, 1.165) is 12.8 Å². The minimum atomic E-state index is 0.0652. The van der Waals surface area contributed by atoms with Crippen molar-refractivity contribution in [2.75, 3.05) is 13.6 Å². The first-order valence-corrected chi connectivity index (χ1v) is 5.48. The first-order valence-electron chi connectivity index (χ1n) is 5.48. The molecule has 1 N–H and O–H groups in total. The molecular weight excluding hydrogens is 192 g/mol. The number of carbonyl (C=O) groups excluding carboxylic acids is 2. The van der Waals surface area contributed by atoms with E-state index in [1.54, 1.807) is 6.92 Å². The molecule has 1 amide bonds. The van der Waals surface area contributed by atoms with Crippen LogP contribution in [0.2, 0.25) is 0 Å². The predicted octanol–water partition coefficient (Wildman–Crippen LogP) is 0.564. The summed E-state index contributed by atoms with van der Waals surface area (Å²) in [5.41, 5.74) is 0. The third kappa shape index (κ3) is 4.93. The molecule has 1 fully saturated rings. The van der Waals surface area contributed by atoms with Crippen molar-refractivity contribution in [2.45, 2.75) is 45.2 Å². The molecule has 86 valence electrons. The maximum Gasteiger partial charge on any atom is 0.234 e. The van der Waals surface area contributed by atoms with Crippen LogP contribution >= 0.6 is 0 Å². The van der Waals surface area contributed by atoms with Crippen LogP contribution in [0.25, 0.3) is 0 Å². The molecule has 0 aromatic rings. The molecule has 0 aromatic carbocycles. The maximum atomic E-state index is 11.5. The second-order valence-electron chi connectivity index (χ2n) is 4.51. The molecule has 1 aliphatic carbocycles. The lowest BCUT2D eigenvalue weighted by atomic mass is 10.1. The molecule has 0 aliphatic heterocycles. The number of Topliss-reactive ketones (excluding diaryl/α,β-unsaturated/α-hetero) is 1. The van der Waals surface area contributed by atoms with Crippen LogP contribution in [0.4, 0.5) is 0 Å². The highest BCUT2D eigenvalue weighted by Crippen LogP contribution is 2.18. The standard InChI is InChI=1S/C11H20N2O2/c1-8(6-9(2)14)13(3)7-11(15)12-10-4-5-10/h8,10H,4-7H2,1-3H3,(H,12,15). The Kier molecular flexibility index (Phi) is 4.27. The van der Waals surface area contributed by atoms with Gasteiger partial charge in [-0.15, -0.1) is 0 Å². The average Bonchev–Trinajstić information content (AvgIpc) is 2.86. The first kappa shape index (κ1) is 12.2. The molecule has 0 saturated heterocycles. The van der Waals surface area contributed by atoms with Gasteiger partial charge >= 0.3 is 0 Å². The van der Waals surface area contributed by atoms with Crippen molar-refractivity contribution in [3.05, 3.63) is 0 Å². The Balaban J connectivity index is 2.22. The topological polar surface area (TPSA) is 49.4 Å². The molecule has 0 radical (unpaired) electrons. The number of hydrogen-bond donors (Lipinski definition) is 1. The SMILES string of the molecule is CC(=O)CC(C)N(C)CC(=O)NC1CC1. The fourth-order valence-electron chi connectivity index (χ4n) is 1.46. The first-order chi connectivity index (χ1) is 6.99. The summed E-state index contributed by atoms with van der Waals surface area (Å²) in [6, 6.07) is 0.543. The minimum Gasteiger partial charge on any atom is -0.352 e. The van der Waals surface area contributed by atoms with E-state index >= 15 is 0 Å². The van der Waals surface area contributed by atoms with Crippen LogP contribution in [0.1, 0.15) is 33.1 Å². The zero-order valence-corrected chi connectivity index (χ0v) is 9.75. The monoisotopic (exact) mass is 212 g/mol. The summed E-state index contributed by atoms with van der Waals surface area (Å²) in [5.74, 6) is 0.229. The van der Waals surface area contributed by atoms with Crippen molar-refractivity contribution in [3.63, 3.8) is 0 Å². The Bertz CT molecular complexity index is 249. The van der Waals surface area contributed by atoms with Gasteiger partial charge in [-0.2, -0.15) is 0 Å². The smallest absolute Gasteiger partial charge is 0.234 e. The summed E-state index contributed by atoms with van der Waals surface area (Å²) in [6.45, 7) is 3.92. The number of carbonyl (C=O) groups is 2. The number of hydrogen-bond acceptors (Lipinski definition) is 3. The van der Waals surface area contributed by atoms with Gasteiger partial charge in [-0.1, -0.05) is 0 Å². The highest BCUT2D eigenvalue weighted by molar-refractivity contribution is 5.79. The molecule has 0 aromatic heterocycles. The Labute approximate surface area is 91.0 Å². The number of rotatable bonds is 6. The van der Waals surface area contributed by atoms with Crippen molar-refractivity contribution in [3.8, 4) is 0 Å². The second kappa shape index (κ2) is 5.26. The van der Waals surface area contributed by atoms with Crippen LogP contribution in [-0.4, -0.2) is 42.3 Å². The third-order valence-electron chi connectivity index (χ3n) is 2.67. The van der Waals surface area contributed by atoms with E-state index in [9.17, 15) is 9.59 Å².